The number of aryl methyl sites for hydroxylation is 1. The van der Waals surface area contributed by atoms with E-state index in [1.807, 2.05) is 17.9 Å². The lowest BCUT2D eigenvalue weighted by Crippen LogP contribution is -2.38. The van der Waals surface area contributed by atoms with Gasteiger partial charge in [-0.25, -0.2) is 9.97 Å². The maximum atomic E-state index is 12.9. The van der Waals surface area contributed by atoms with Crippen molar-refractivity contribution in [1.29, 1.82) is 0 Å². The van der Waals surface area contributed by atoms with Crippen molar-refractivity contribution in [3.63, 3.8) is 0 Å². The number of likely N-dealkylation sites (tertiary alicyclic amines) is 1. The first-order chi connectivity index (χ1) is 15.5. The average Bonchev–Trinajstić information content (AvgIpc) is 3.30. The number of aromatic nitrogens is 2. The molecule has 1 amide bonds. The highest BCUT2D eigenvalue weighted by Crippen LogP contribution is 2.34. The molecule has 0 unspecified atom stereocenters. The quantitative estimate of drug-likeness (QED) is 0.414. The summed E-state index contributed by atoms with van der Waals surface area (Å²) in [6, 6.07) is 12.3. The Balaban J connectivity index is 1.39. The summed E-state index contributed by atoms with van der Waals surface area (Å²) < 4.78 is 0. The molecule has 0 bridgehead atoms. The van der Waals surface area contributed by atoms with Gasteiger partial charge in [0.05, 0.1) is 16.3 Å². The van der Waals surface area contributed by atoms with Gasteiger partial charge in [-0.3, -0.25) is 4.79 Å². The molecule has 1 saturated heterocycles. The first-order valence-electron chi connectivity index (χ1n) is 11.2. The van der Waals surface area contributed by atoms with E-state index in [0.717, 1.165) is 47.9 Å². The van der Waals surface area contributed by atoms with Gasteiger partial charge < -0.3 is 9.80 Å². The molecule has 2 aromatic heterocycles. The molecule has 168 valence electrons. The van der Waals surface area contributed by atoms with Crippen LogP contribution in [0, 0.1) is 6.92 Å². The molecular weight excluding hydrogens is 440 g/mol. The Hall–Kier alpha value is -2.44. The highest BCUT2D eigenvalue weighted by Gasteiger charge is 2.27. The van der Waals surface area contributed by atoms with Crippen molar-refractivity contribution in [2.45, 2.75) is 39.5 Å². The number of piperidine rings is 1. The Bertz CT molecular complexity index is 1070. The fourth-order valence-corrected chi connectivity index (χ4v) is 5.50. The van der Waals surface area contributed by atoms with E-state index >= 15 is 0 Å². The van der Waals surface area contributed by atoms with Gasteiger partial charge in [0, 0.05) is 54.4 Å². The van der Waals surface area contributed by atoms with Gasteiger partial charge in [0.2, 0.25) is 0 Å². The molecule has 0 spiro atoms. The Morgan fingerprint density at radius 3 is 2.41 bits per heavy atom. The van der Waals surface area contributed by atoms with E-state index in [1.54, 1.807) is 17.4 Å². The largest absolute Gasteiger partial charge is 0.372 e. The second-order valence-corrected chi connectivity index (χ2v) is 9.40. The zero-order valence-corrected chi connectivity index (χ0v) is 20.4. The molecule has 1 aliphatic rings. The van der Waals surface area contributed by atoms with Crippen LogP contribution in [0.1, 0.15) is 53.7 Å². The Morgan fingerprint density at radius 2 is 1.78 bits per heavy atom. The molecule has 3 heterocycles. The lowest BCUT2D eigenvalue weighted by atomic mass is 9.97. The van der Waals surface area contributed by atoms with Gasteiger partial charge in [0.1, 0.15) is 5.15 Å². The summed E-state index contributed by atoms with van der Waals surface area (Å²) >= 11 is 7.93. The van der Waals surface area contributed by atoms with E-state index in [2.05, 4.69) is 53.4 Å². The number of halogens is 1. The maximum absolute atomic E-state index is 12.9. The van der Waals surface area contributed by atoms with E-state index in [4.69, 9.17) is 16.6 Å². The first kappa shape index (κ1) is 22.7. The van der Waals surface area contributed by atoms with Crippen LogP contribution in [0.3, 0.4) is 0 Å². The molecule has 7 heteroatoms. The average molecular weight is 469 g/mol. The molecule has 0 saturated carbocycles. The van der Waals surface area contributed by atoms with Crippen molar-refractivity contribution in [2.75, 3.05) is 31.1 Å². The van der Waals surface area contributed by atoms with E-state index in [-0.39, 0.29) is 11.1 Å². The molecule has 5 nitrogen and oxygen atoms in total. The number of rotatable bonds is 6. The second kappa shape index (κ2) is 10.0. The van der Waals surface area contributed by atoms with Gasteiger partial charge in [-0.05, 0) is 57.9 Å². The van der Waals surface area contributed by atoms with E-state index in [0.29, 0.717) is 24.6 Å². The minimum absolute atomic E-state index is 0.0333. The van der Waals surface area contributed by atoms with Crippen LogP contribution in [-0.2, 0) is 0 Å². The fraction of sp³-hybridized carbons (Fsp3) is 0.400. The molecule has 1 fully saturated rings. The third kappa shape index (κ3) is 4.81. The van der Waals surface area contributed by atoms with Crippen molar-refractivity contribution >= 4 is 34.5 Å². The molecule has 0 aliphatic carbocycles. The lowest BCUT2D eigenvalue weighted by Gasteiger charge is -2.31. The fourth-order valence-electron chi connectivity index (χ4n) is 4.22. The third-order valence-electron chi connectivity index (χ3n) is 6.16. The summed E-state index contributed by atoms with van der Waals surface area (Å²) in [5.41, 5.74) is 4.73. The number of thiazole rings is 1. The van der Waals surface area contributed by atoms with Crippen molar-refractivity contribution in [2.24, 2.45) is 0 Å². The third-order valence-corrected chi connectivity index (χ3v) is 7.46. The molecule has 4 rings (SSSR count). The number of benzene rings is 1. The normalized spacial score (nSPS) is 14.6. The molecule has 3 aromatic rings. The zero-order chi connectivity index (χ0) is 22.7. The van der Waals surface area contributed by atoms with Crippen LogP contribution < -0.4 is 4.90 Å². The van der Waals surface area contributed by atoms with Crippen LogP contribution in [-0.4, -0.2) is 47.0 Å². The van der Waals surface area contributed by atoms with Gasteiger partial charge in [0.15, 0.2) is 0 Å². The highest BCUT2D eigenvalue weighted by atomic mass is 35.5. The second-order valence-electron chi connectivity index (χ2n) is 8.15. The summed E-state index contributed by atoms with van der Waals surface area (Å²) in [4.78, 5) is 26.2. The minimum atomic E-state index is -0.0333. The van der Waals surface area contributed by atoms with E-state index in [9.17, 15) is 4.79 Å². The number of amides is 1. The molecule has 32 heavy (non-hydrogen) atoms. The van der Waals surface area contributed by atoms with Crippen LogP contribution in [0.5, 0.6) is 0 Å². The Labute approximate surface area is 199 Å². The molecular formula is C25H29ClN4OS. The first-order valence-corrected chi connectivity index (χ1v) is 12.5. The van der Waals surface area contributed by atoms with Crippen molar-refractivity contribution in [3.8, 4) is 11.3 Å². The van der Waals surface area contributed by atoms with Gasteiger partial charge in [-0.2, -0.15) is 0 Å². The number of carbonyl (C=O) groups is 1. The highest BCUT2D eigenvalue weighted by molar-refractivity contribution is 7.10. The topological polar surface area (TPSA) is 49.3 Å². The molecule has 1 aliphatic heterocycles. The van der Waals surface area contributed by atoms with Crippen LogP contribution in [0.15, 0.2) is 41.8 Å². The summed E-state index contributed by atoms with van der Waals surface area (Å²) in [6.07, 6.45) is 1.83. The summed E-state index contributed by atoms with van der Waals surface area (Å²) in [5, 5.41) is 3.60. The standard InChI is InChI=1S/C25H29ClN4OS/c1-4-29(5-2)20-9-7-18(8-10-20)22-16-32-24(28-22)19-12-14-30(15-13-19)25(31)21-11-6-17(3)27-23(21)26/h6-11,16,19H,4-5,12-15H2,1-3H3. The lowest BCUT2D eigenvalue weighted by molar-refractivity contribution is 0.0712. The smallest absolute Gasteiger partial charge is 0.256 e. The monoisotopic (exact) mass is 468 g/mol. The summed E-state index contributed by atoms with van der Waals surface area (Å²) in [6.45, 7) is 9.65. The van der Waals surface area contributed by atoms with Gasteiger partial charge in [0.25, 0.3) is 5.91 Å². The number of pyridine rings is 1. The molecule has 1 aromatic carbocycles. The van der Waals surface area contributed by atoms with E-state index in [1.165, 1.54) is 5.69 Å². The van der Waals surface area contributed by atoms with Crippen LogP contribution >= 0.6 is 22.9 Å². The SMILES string of the molecule is CCN(CC)c1ccc(-c2csc(C3CCN(C(=O)c4ccc(C)nc4Cl)CC3)n2)cc1. The zero-order valence-electron chi connectivity index (χ0n) is 18.8. The van der Waals surface area contributed by atoms with Gasteiger partial charge >= 0.3 is 0 Å². The van der Waals surface area contributed by atoms with Crippen molar-refractivity contribution < 1.29 is 4.79 Å². The van der Waals surface area contributed by atoms with Gasteiger partial charge in [-0.1, -0.05) is 23.7 Å². The van der Waals surface area contributed by atoms with Crippen LogP contribution in [0.25, 0.3) is 11.3 Å². The minimum Gasteiger partial charge on any atom is -0.372 e. The molecule has 0 N–H and O–H groups in total. The number of hydrogen-bond donors (Lipinski definition) is 0. The molecule has 0 radical (unpaired) electrons. The van der Waals surface area contributed by atoms with Crippen molar-refractivity contribution in [3.05, 3.63) is 63.2 Å². The predicted molar refractivity (Wildman–Crippen MR) is 133 cm³/mol. The van der Waals surface area contributed by atoms with Crippen LogP contribution in [0.2, 0.25) is 5.15 Å². The maximum Gasteiger partial charge on any atom is 0.256 e. The Kier molecular flexibility index (Phi) is 7.11. The van der Waals surface area contributed by atoms with Gasteiger partial charge in [-0.15, -0.1) is 11.3 Å². The molecule has 0 atom stereocenters. The van der Waals surface area contributed by atoms with E-state index < -0.39 is 0 Å². The van der Waals surface area contributed by atoms with Crippen LogP contribution in [0.4, 0.5) is 5.69 Å². The number of carbonyl (C=O) groups excluding carboxylic acids is 1. The summed E-state index contributed by atoms with van der Waals surface area (Å²) in [5.74, 6) is 0.355. The summed E-state index contributed by atoms with van der Waals surface area (Å²) in [7, 11) is 0. The number of hydrogen-bond acceptors (Lipinski definition) is 5. The van der Waals surface area contributed by atoms with Crippen molar-refractivity contribution in [1.82, 2.24) is 14.9 Å². The Morgan fingerprint density at radius 1 is 1.09 bits per heavy atom. The number of nitrogens with zero attached hydrogens (tertiary/aromatic N) is 4. The number of anilines is 1. The predicted octanol–water partition coefficient (Wildman–Crippen LogP) is 6.03.